The standard InChI is InChI=1S/C15H11Cl3N2OS/c16-9-2-1-8(10(17)3-9)7-22-14-5-13-12(4-11(14)18)19-15(6-21)20-13/h1-5,21H,6-7H2,(H,19,20). The van der Waals surface area contributed by atoms with Crippen LogP contribution in [0.3, 0.4) is 0 Å². The Kier molecular flexibility index (Phi) is 4.85. The third-order valence-electron chi connectivity index (χ3n) is 3.13. The minimum atomic E-state index is -0.130. The molecule has 0 saturated heterocycles. The quantitative estimate of drug-likeness (QED) is 0.609. The summed E-state index contributed by atoms with van der Waals surface area (Å²) >= 11 is 20.0. The number of aromatic nitrogens is 2. The molecule has 2 aromatic carbocycles. The van der Waals surface area contributed by atoms with Crippen LogP contribution in [0.1, 0.15) is 11.4 Å². The van der Waals surface area contributed by atoms with Crippen molar-refractivity contribution in [3.8, 4) is 0 Å². The summed E-state index contributed by atoms with van der Waals surface area (Å²) in [4.78, 5) is 8.22. The molecule has 0 amide bonds. The average Bonchev–Trinajstić information content (AvgIpc) is 2.88. The summed E-state index contributed by atoms with van der Waals surface area (Å²) in [5, 5.41) is 11.0. The van der Waals surface area contributed by atoms with Gasteiger partial charge >= 0.3 is 0 Å². The Bertz CT molecular complexity index is 835. The summed E-state index contributed by atoms with van der Waals surface area (Å²) in [6, 6.07) is 9.17. The fourth-order valence-corrected chi connectivity index (χ4v) is 3.88. The van der Waals surface area contributed by atoms with Gasteiger partial charge in [-0.15, -0.1) is 11.8 Å². The van der Waals surface area contributed by atoms with Crippen LogP contribution in [0.25, 0.3) is 11.0 Å². The van der Waals surface area contributed by atoms with Crippen LogP contribution in [0.2, 0.25) is 15.1 Å². The molecular weight excluding hydrogens is 363 g/mol. The third kappa shape index (κ3) is 3.36. The normalized spacial score (nSPS) is 11.3. The number of aliphatic hydroxyl groups is 1. The van der Waals surface area contributed by atoms with E-state index in [1.54, 1.807) is 17.8 Å². The second kappa shape index (κ2) is 6.69. The largest absolute Gasteiger partial charge is 0.388 e. The zero-order valence-electron chi connectivity index (χ0n) is 11.2. The number of thioether (sulfide) groups is 1. The van der Waals surface area contributed by atoms with E-state index in [2.05, 4.69) is 9.97 Å². The summed E-state index contributed by atoms with van der Waals surface area (Å²) in [6.45, 7) is -0.130. The summed E-state index contributed by atoms with van der Waals surface area (Å²) in [6.07, 6.45) is 0. The van der Waals surface area contributed by atoms with Crippen molar-refractivity contribution in [3.63, 3.8) is 0 Å². The van der Waals surface area contributed by atoms with E-state index in [1.165, 1.54) is 0 Å². The molecule has 0 aliphatic carbocycles. The van der Waals surface area contributed by atoms with Crippen molar-refractivity contribution in [1.29, 1.82) is 0 Å². The number of aromatic amines is 1. The van der Waals surface area contributed by atoms with Gasteiger partial charge < -0.3 is 10.1 Å². The van der Waals surface area contributed by atoms with E-state index in [0.717, 1.165) is 21.5 Å². The number of hydrogen-bond donors (Lipinski definition) is 2. The minimum Gasteiger partial charge on any atom is -0.388 e. The number of fused-ring (bicyclic) bond motifs is 1. The first-order valence-electron chi connectivity index (χ1n) is 6.42. The van der Waals surface area contributed by atoms with E-state index in [4.69, 9.17) is 39.9 Å². The van der Waals surface area contributed by atoms with Gasteiger partial charge in [0.2, 0.25) is 0 Å². The third-order valence-corrected chi connectivity index (χ3v) is 5.25. The van der Waals surface area contributed by atoms with Gasteiger partial charge in [-0.1, -0.05) is 40.9 Å². The lowest BCUT2D eigenvalue weighted by molar-refractivity contribution is 0.273. The van der Waals surface area contributed by atoms with E-state index in [9.17, 15) is 0 Å². The Hall–Kier alpha value is -0.910. The molecule has 22 heavy (non-hydrogen) atoms. The van der Waals surface area contributed by atoms with Gasteiger partial charge in [-0.3, -0.25) is 0 Å². The molecule has 0 spiro atoms. The van der Waals surface area contributed by atoms with Gasteiger partial charge in [0.15, 0.2) is 0 Å². The fourth-order valence-electron chi connectivity index (χ4n) is 2.04. The van der Waals surface area contributed by atoms with Crippen molar-refractivity contribution in [2.24, 2.45) is 0 Å². The molecule has 0 radical (unpaired) electrons. The van der Waals surface area contributed by atoms with Crippen LogP contribution in [-0.4, -0.2) is 15.1 Å². The number of nitrogens with zero attached hydrogens (tertiary/aromatic N) is 1. The smallest absolute Gasteiger partial charge is 0.133 e. The maximum absolute atomic E-state index is 9.12. The second-order valence-corrected chi connectivity index (χ2v) is 6.93. The number of halogens is 3. The molecule has 3 aromatic rings. The van der Waals surface area contributed by atoms with Crippen molar-refractivity contribution >= 4 is 57.6 Å². The van der Waals surface area contributed by atoms with Crippen LogP contribution >= 0.6 is 46.6 Å². The van der Waals surface area contributed by atoms with Gasteiger partial charge in [-0.2, -0.15) is 0 Å². The Morgan fingerprint density at radius 3 is 2.64 bits per heavy atom. The Morgan fingerprint density at radius 1 is 1.09 bits per heavy atom. The lowest BCUT2D eigenvalue weighted by atomic mass is 10.2. The summed E-state index contributed by atoms with van der Waals surface area (Å²) in [7, 11) is 0. The van der Waals surface area contributed by atoms with E-state index in [0.29, 0.717) is 26.6 Å². The number of nitrogens with one attached hydrogen (secondary N) is 1. The monoisotopic (exact) mass is 372 g/mol. The Labute approximate surface area is 146 Å². The van der Waals surface area contributed by atoms with Crippen LogP contribution in [0.15, 0.2) is 35.2 Å². The van der Waals surface area contributed by atoms with Crippen LogP contribution in [-0.2, 0) is 12.4 Å². The average molecular weight is 374 g/mol. The maximum atomic E-state index is 9.12. The molecule has 0 aliphatic heterocycles. The number of hydrogen-bond acceptors (Lipinski definition) is 3. The molecule has 114 valence electrons. The predicted octanol–water partition coefficient (Wildman–Crippen LogP) is 5.31. The highest BCUT2D eigenvalue weighted by Crippen LogP contribution is 2.34. The van der Waals surface area contributed by atoms with Crippen LogP contribution in [0, 0.1) is 0 Å². The highest BCUT2D eigenvalue weighted by atomic mass is 35.5. The van der Waals surface area contributed by atoms with Crippen molar-refractivity contribution in [2.75, 3.05) is 0 Å². The van der Waals surface area contributed by atoms with Crippen molar-refractivity contribution in [3.05, 3.63) is 56.8 Å². The lowest BCUT2D eigenvalue weighted by Gasteiger charge is -2.06. The molecule has 1 aromatic heterocycles. The zero-order chi connectivity index (χ0) is 15.7. The number of imidazole rings is 1. The maximum Gasteiger partial charge on any atom is 0.133 e. The topological polar surface area (TPSA) is 48.9 Å². The van der Waals surface area contributed by atoms with Gasteiger partial charge in [0.1, 0.15) is 12.4 Å². The summed E-state index contributed by atoms with van der Waals surface area (Å²) < 4.78 is 0. The van der Waals surface area contributed by atoms with Crippen molar-refractivity contribution in [2.45, 2.75) is 17.3 Å². The molecule has 0 aliphatic rings. The molecule has 0 saturated carbocycles. The van der Waals surface area contributed by atoms with Gasteiger partial charge in [-0.05, 0) is 29.8 Å². The minimum absolute atomic E-state index is 0.130. The molecule has 0 unspecified atom stereocenters. The molecule has 0 fully saturated rings. The van der Waals surface area contributed by atoms with Gasteiger partial charge in [0.25, 0.3) is 0 Å². The zero-order valence-corrected chi connectivity index (χ0v) is 14.3. The fraction of sp³-hybridized carbons (Fsp3) is 0.133. The highest BCUT2D eigenvalue weighted by Gasteiger charge is 2.09. The summed E-state index contributed by atoms with van der Waals surface area (Å²) in [5.74, 6) is 1.20. The van der Waals surface area contributed by atoms with E-state index in [-0.39, 0.29) is 6.61 Å². The molecule has 1 heterocycles. The number of rotatable bonds is 4. The van der Waals surface area contributed by atoms with E-state index >= 15 is 0 Å². The first-order chi connectivity index (χ1) is 10.6. The van der Waals surface area contributed by atoms with Gasteiger partial charge in [-0.25, -0.2) is 4.98 Å². The van der Waals surface area contributed by atoms with E-state index in [1.807, 2.05) is 24.3 Å². The van der Waals surface area contributed by atoms with Crippen molar-refractivity contribution in [1.82, 2.24) is 9.97 Å². The SMILES string of the molecule is OCc1nc2cc(SCc3ccc(Cl)cc3Cl)c(Cl)cc2[nH]1. The van der Waals surface area contributed by atoms with Gasteiger partial charge in [0, 0.05) is 20.7 Å². The van der Waals surface area contributed by atoms with Crippen LogP contribution in [0.5, 0.6) is 0 Å². The van der Waals surface area contributed by atoms with E-state index < -0.39 is 0 Å². The Morgan fingerprint density at radius 2 is 1.91 bits per heavy atom. The molecular formula is C15H11Cl3N2OS. The molecule has 3 nitrogen and oxygen atoms in total. The lowest BCUT2D eigenvalue weighted by Crippen LogP contribution is -1.84. The first-order valence-corrected chi connectivity index (χ1v) is 8.54. The molecule has 0 bridgehead atoms. The number of benzene rings is 2. The van der Waals surface area contributed by atoms with Gasteiger partial charge in [0.05, 0.1) is 16.1 Å². The van der Waals surface area contributed by atoms with Crippen molar-refractivity contribution < 1.29 is 5.11 Å². The highest BCUT2D eigenvalue weighted by molar-refractivity contribution is 7.98. The number of H-pyrrole nitrogens is 1. The molecule has 7 heteroatoms. The number of aliphatic hydroxyl groups excluding tert-OH is 1. The summed E-state index contributed by atoms with van der Waals surface area (Å²) in [5.41, 5.74) is 2.58. The molecule has 2 N–H and O–H groups in total. The molecule has 3 rings (SSSR count). The predicted molar refractivity (Wildman–Crippen MR) is 93.0 cm³/mol. The first kappa shape index (κ1) is 16.0. The van der Waals surface area contributed by atoms with Crippen LogP contribution in [0.4, 0.5) is 0 Å². The Balaban J connectivity index is 1.85. The second-order valence-electron chi connectivity index (χ2n) is 4.67. The molecule has 0 atom stereocenters. The van der Waals surface area contributed by atoms with Crippen LogP contribution < -0.4 is 0 Å².